The Bertz CT molecular complexity index is 2560. The molecule has 65 heavy (non-hydrogen) atoms. The fourth-order valence-electron chi connectivity index (χ4n) is 8.10. The number of hydrogen-bond acceptors (Lipinski definition) is 10. The van der Waals surface area contributed by atoms with E-state index in [1.165, 1.54) is 22.6 Å². The maximum absolute atomic E-state index is 13.8. The second-order valence-electron chi connectivity index (χ2n) is 16.6. The predicted molar refractivity (Wildman–Crippen MR) is 250 cm³/mol. The number of aromatic amines is 1. The topological polar surface area (TPSA) is 174 Å². The van der Waals surface area contributed by atoms with Crippen LogP contribution in [0.1, 0.15) is 63.0 Å². The van der Waals surface area contributed by atoms with E-state index in [1.807, 2.05) is 60.7 Å². The van der Waals surface area contributed by atoms with Crippen LogP contribution in [0.15, 0.2) is 138 Å². The van der Waals surface area contributed by atoms with E-state index in [0.717, 1.165) is 43.6 Å². The van der Waals surface area contributed by atoms with Crippen LogP contribution in [0.5, 0.6) is 11.5 Å². The van der Waals surface area contributed by atoms with Gasteiger partial charge in [0.05, 0.1) is 18.2 Å². The smallest absolute Gasteiger partial charge is 0.317 e. The molecule has 1 aliphatic heterocycles. The number of pyridine rings is 1. The molecule has 5 N–H and O–H groups in total. The lowest BCUT2D eigenvalue weighted by Crippen LogP contribution is -2.38. The number of rotatable bonds is 20. The molecular weight excluding hydrogens is 823 g/mol. The van der Waals surface area contributed by atoms with Crippen LogP contribution >= 0.6 is 0 Å². The molecular formula is C52H57N5O8. The fourth-order valence-corrected chi connectivity index (χ4v) is 8.10. The number of H-pyrrole nitrogens is 1. The second kappa shape index (κ2) is 22.7. The zero-order chi connectivity index (χ0) is 45.5. The highest BCUT2D eigenvalue weighted by Crippen LogP contribution is 2.31. The first-order chi connectivity index (χ1) is 31.6. The Morgan fingerprint density at radius 1 is 0.831 bits per heavy atom. The molecule has 1 saturated heterocycles. The minimum absolute atomic E-state index is 0.0612. The molecule has 2 amide bonds. The van der Waals surface area contributed by atoms with Gasteiger partial charge in [-0.25, -0.2) is 0 Å². The summed E-state index contributed by atoms with van der Waals surface area (Å²) in [6, 6.07) is 40.5. The van der Waals surface area contributed by atoms with E-state index >= 15 is 0 Å². The van der Waals surface area contributed by atoms with Crippen molar-refractivity contribution in [2.24, 2.45) is 5.92 Å². The highest BCUT2D eigenvalue weighted by molar-refractivity contribution is 5.94. The van der Waals surface area contributed by atoms with Crippen molar-refractivity contribution in [2.45, 2.75) is 37.8 Å². The molecule has 13 nitrogen and oxygen atoms in total. The molecule has 1 fully saturated rings. The number of piperidine rings is 1. The van der Waals surface area contributed by atoms with E-state index in [0.29, 0.717) is 53.3 Å². The molecule has 1 aliphatic rings. The van der Waals surface area contributed by atoms with Crippen LogP contribution in [0.25, 0.3) is 10.9 Å². The Hall–Kier alpha value is -6.80. The first-order valence-corrected chi connectivity index (χ1v) is 22.2. The summed E-state index contributed by atoms with van der Waals surface area (Å²) in [5, 5.41) is 27.6. The highest BCUT2D eigenvalue weighted by atomic mass is 16.5. The van der Waals surface area contributed by atoms with Crippen molar-refractivity contribution in [2.75, 3.05) is 59.5 Å². The zero-order valence-corrected chi connectivity index (χ0v) is 36.7. The monoisotopic (exact) mass is 879 g/mol. The van der Waals surface area contributed by atoms with Gasteiger partial charge in [0.25, 0.3) is 11.8 Å². The van der Waals surface area contributed by atoms with Gasteiger partial charge < -0.3 is 40.2 Å². The van der Waals surface area contributed by atoms with Crippen LogP contribution in [-0.4, -0.2) is 102 Å². The van der Waals surface area contributed by atoms with Crippen LogP contribution in [0.4, 0.5) is 0 Å². The van der Waals surface area contributed by atoms with Gasteiger partial charge in [0, 0.05) is 50.2 Å². The number of phenolic OH excluding ortho intramolecular Hbond substituents is 1. The number of aromatic nitrogens is 1. The number of carbonyl (C=O) groups excluding carboxylic acids is 3. The minimum Gasteiger partial charge on any atom is -0.506 e. The van der Waals surface area contributed by atoms with Gasteiger partial charge in [-0.1, -0.05) is 91.0 Å². The number of hydrogen-bond donors (Lipinski definition) is 5. The Labute approximate surface area is 379 Å². The number of nitrogens with zero attached hydrogens (tertiary/aromatic N) is 2. The fraction of sp³-hybridized carbons (Fsp3) is 0.308. The molecule has 0 aliphatic carbocycles. The highest BCUT2D eigenvalue weighted by Gasteiger charge is 2.27. The molecule has 0 bridgehead atoms. The maximum atomic E-state index is 13.8. The Kier molecular flexibility index (Phi) is 16.1. The molecule has 1 aromatic heterocycles. The van der Waals surface area contributed by atoms with Crippen molar-refractivity contribution < 1.29 is 34.1 Å². The Balaban J connectivity index is 0.821. The number of benzene rings is 5. The van der Waals surface area contributed by atoms with Crippen molar-refractivity contribution in [3.8, 4) is 11.5 Å². The predicted octanol–water partition coefficient (Wildman–Crippen LogP) is 5.95. The number of fused-ring (bicyclic) bond motifs is 1. The summed E-state index contributed by atoms with van der Waals surface area (Å²) >= 11 is 0. The van der Waals surface area contributed by atoms with Gasteiger partial charge in [0.2, 0.25) is 5.56 Å². The molecule has 2 atom stereocenters. The third kappa shape index (κ3) is 12.9. The number of likely N-dealkylation sites (N-methyl/N-ethyl adjacent to an activating group) is 1. The van der Waals surface area contributed by atoms with Gasteiger partial charge in [-0.3, -0.25) is 24.1 Å². The molecule has 0 radical (unpaired) electrons. The molecule has 338 valence electrons. The van der Waals surface area contributed by atoms with Crippen LogP contribution in [0.2, 0.25) is 0 Å². The van der Waals surface area contributed by atoms with E-state index in [4.69, 9.17) is 9.47 Å². The third-order valence-electron chi connectivity index (χ3n) is 11.9. The molecule has 2 unspecified atom stereocenters. The van der Waals surface area contributed by atoms with Crippen LogP contribution < -0.4 is 20.9 Å². The van der Waals surface area contributed by atoms with Gasteiger partial charge in [-0.15, -0.1) is 0 Å². The van der Waals surface area contributed by atoms with Gasteiger partial charge >= 0.3 is 5.97 Å². The standard InChI is InChI=1S/C52H57N5O8/c1-56(30-27-54-51(62)40-17-15-36(16-18-40)23-26-53-32-46(59)43-19-21-45(58)50-44(43)20-22-47(60)55-50)48(61)35-64-42-14-8-13-41(31-42)49(39-11-6-3-7-12-39)52(63)65-34-38-24-28-57(29-25-38)33-37-9-4-2-5-10-37/h2-22,31,38,46,49,53,58-59H,23-30,32-35H2,1H3,(H,54,62)(H,55,60). The lowest BCUT2D eigenvalue weighted by molar-refractivity contribution is -0.146. The molecule has 6 aromatic rings. The van der Waals surface area contributed by atoms with Gasteiger partial charge in [-0.05, 0) is 109 Å². The summed E-state index contributed by atoms with van der Waals surface area (Å²) in [6.45, 7) is 4.34. The lowest BCUT2D eigenvalue weighted by atomic mass is 9.91. The number of carbonyl (C=O) groups is 3. The van der Waals surface area contributed by atoms with E-state index in [2.05, 4.69) is 44.8 Å². The zero-order valence-electron chi connectivity index (χ0n) is 36.7. The van der Waals surface area contributed by atoms with Crippen LogP contribution in [0.3, 0.4) is 0 Å². The van der Waals surface area contributed by atoms with Crippen molar-refractivity contribution in [3.63, 3.8) is 0 Å². The lowest BCUT2D eigenvalue weighted by Gasteiger charge is -2.32. The molecule has 0 saturated carbocycles. The average molecular weight is 880 g/mol. The number of esters is 1. The number of aliphatic hydroxyl groups is 1. The number of amides is 2. The summed E-state index contributed by atoms with van der Waals surface area (Å²) in [7, 11) is 1.65. The Morgan fingerprint density at radius 3 is 2.31 bits per heavy atom. The van der Waals surface area contributed by atoms with Gasteiger partial charge in [0.1, 0.15) is 17.4 Å². The van der Waals surface area contributed by atoms with Gasteiger partial charge in [0.15, 0.2) is 6.61 Å². The van der Waals surface area contributed by atoms with E-state index in [-0.39, 0.29) is 60.9 Å². The second-order valence-corrected chi connectivity index (χ2v) is 16.6. The quantitative estimate of drug-likeness (QED) is 0.0456. The molecule has 7 rings (SSSR count). The molecule has 2 heterocycles. The molecule has 5 aromatic carbocycles. The van der Waals surface area contributed by atoms with Crippen molar-refractivity contribution in [1.29, 1.82) is 0 Å². The van der Waals surface area contributed by atoms with Crippen LogP contribution in [-0.2, 0) is 27.3 Å². The van der Waals surface area contributed by atoms with Gasteiger partial charge in [-0.2, -0.15) is 0 Å². The van der Waals surface area contributed by atoms with Crippen molar-refractivity contribution in [1.82, 2.24) is 25.4 Å². The first-order valence-electron chi connectivity index (χ1n) is 22.2. The SMILES string of the molecule is CN(CCNC(=O)c1ccc(CCNCC(O)c2ccc(O)c3[nH]c(=O)ccc23)cc1)C(=O)COc1cccc(C(C(=O)OCC2CCN(Cc3ccccc3)CC2)c2ccccc2)c1. The van der Waals surface area contributed by atoms with E-state index in [1.54, 1.807) is 43.4 Å². The van der Waals surface area contributed by atoms with E-state index < -0.39 is 12.0 Å². The summed E-state index contributed by atoms with van der Waals surface area (Å²) in [5.74, 6) is -0.813. The Morgan fingerprint density at radius 2 is 1.55 bits per heavy atom. The summed E-state index contributed by atoms with van der Waals surface area (Å²) in [4.78, 5) is 58.0. The average Bonchev–Trinajstić information content (AvgIpc) is 3.33. The summed E-state index contributed by atoms with van der Waals surface area (Å²) in [6.07, 6.45) is 1.73. The molecule has 13 heteroatoms. The number of aliphatic hydroxyl groups excluding tert-OH is 1. The van der Waals surface area contributed by atoms with E-state index in [9.17, 15) is 29.4 Å². The molecule has 0 spiro atoms. The normalized spacial score (nSPS) is 14.1. The third-order valence-corrected chi connectivity index (χ3v) is 11.9. The minimum atomic E-state index is -0.860. The van der Waals surface area contributed by atoms with Crippen molar-refractivity contribution >= 4 is 28.7 Å². The van der Waals surface area contributed by atoms with Crippen LogP contribution in [0, 0.1) is 5.92 Å². The first kappa shape index (κ1) is 46.2. The largest absolute Gasteiger partial charge is 0.506 e. The summed E-state index contributed by atoms with van der Waals surface area (Å²) in [5.41, 5.74) is 4.85. The van der Waals surface area contributed by atoms with Crippen molar-refractivity contribution in [3.05, 3.63) is 177 Å². The number of nitrogens with one attached hydrogen (secondary N) is 3. The summed E-state index contributed by atoms with van der Waals surface area (Å²) < 4.78 is 11.9. The maximum Gasteiger partial charge on any atom is 0.317 e. The number of aromatic hydroxyl groups is 1. The number of phenols is 1. The number of ether oxygens (including phenoxy) is 2. The number of likely N-dealkylation sites (tertiary alicyclic amines) is 1.